The number of nitrogens with zero attached hydrogens (tertiary/aromatic N) is 3. The summed E-state index contributed by atoms with van der Waals surface area (Å²) in [5.41, 5.74) is 2.88. The first-order valence-electron chi connectivity index (χ1n) is 10.6. The summed E-state index contributed by atoms with van der Waals surface area (Å²) in [6.45, 7) is 4.85. The number of rotatable bonds is 7. The van der Waals surface area contributed by atoms with Gasteiger partial charge in [0.15, 0.2) is 11.5 Å². The van der Waals surface area contributed by atoms with Crippen LogP contribution in [0.25, 0.3) is 0 Å². The molecule has 1 aliphatic heterocycles. The van der Waals surface area contributed by atoms with Crippen LogP contribution in [0.1, 0.15) is 16.1 Å². The minimum Gasteiger partial charge on any atom is -0.493 e. The maximum atomic E-state index is 12.6. The highest BCUT2D eigenvalue weighted by Gasteiger charge is 2.15. The maximum absolute atomic E-state index is 12.6. The van der Waals surface area contributed by atoms with Crippen LogP contribution >= 0.6 is 0 Å². The van der Waals surface area contributed by atoms with Crippen molar-refractivity contribution >= 4 is 29.0 Å². The molecule has 2 heterocycles. The lowest BCUT2D eigenvalue weighted by Crippen LogP contribution is -2.37. The summed E-state index contributed by atoms with van der Waals surface area (Å²) in [4.78, 5) is 24.0. The van der Waals surface area contributed by atoms with Gasteiger partial charge in [-0.3, -0.25) is 4.79 Å². The van der Waals surface area contributed by atoms with Gasteiger partial charge in [-0.25, -0.2) is 4.98 Å². The smallest absolute Gasteiger partial charge is 0.255 e. The van der Waals surface area contributed by atoms with E-state index in [1.165, 1.54) is 7.11 Å². The van der Waals surface area contributed by atoms with Crippen LogP contribution < -0.4 is 25.0 Å². The summed E-state index contributed by atoms with van der Waals surface area (Å²) in [5.74, 6) is 2.24. The Morgan fingerprint density at radius 2 is 1.64 bits per heavy atom. The average Bonchev–Trinajstić information content (AvgIpc) is 2.85. The molecule has 0 bridgehead atoms. The van der Waals surface area contributed by atoms with E-state index in [1.807, 2.05) is 37.3 Å². The molecule has 0 aliphatic carbocycles. The lowest BCUT2D eigenvalue weighted by atomic mass is 10.1. The number of nitrogens with one attached hydrogen (secondary N) is 2. The van der Waals surface area contributed by atoms with Crippen molar-refractivity contribution in [3.8, 4) is 11.5 Å². The van der Waals surface area contributed by atoms with Gasteiger partial charge < -0.3 is 29.7 Å². The van der Waals surface area contributed by atoms with E-state index in [1.54, 1.807) is 25.3 Å². The molecule has 2 aromatic carbocycles. The van der Waals surface area contributed by atoms with Crippen LogP contribution in [0.4, 0.5) is 23.1 Å². The number of aromatic nitrogens is 2. The zero-order chi connectivity index (χ0) is 23.2. The highest BCUT2D eigenvalue weighted by molar-refractivity contribution is 6.04. The molecule has 1 aromatic heterocycles. The molecule has 9 nitrogen and oxygen atoms in total. The highest BCUT2D eigenvalue weighted by atomic mass is 16.5. The largest absolute Gasteiger partial charge is 0.493 e. The average molecular weight is 450 g/mol. The monoisotopic (exact) mass is 449 g/mol. The fraction of sp³-hybridized carbons (Fsp3) is 0.292. The first-order chi connectivity index (χ1) is 16.1. The molecule has 0 spiro atoms. The van der Waals surface area contributed by atoms with E-state index in [0.717, 1.165) is 24.5 Å². The number of hydrogen-bond acceptors (Lipinski definition) is 8. The van der Waals surface area contributed by atoms with Crippen molar-refractivity contribution in [3.63, 3.8) is 0 Å². The van der Waals surface area contributed by atoms with Gasteiger partial charge in [0, 0.05) is 41.8 Å². The van der Waals surface area contributed by atoms with Gasteiger partial charge in [0.05, 0.1) is 27.4 Å². The summed E-state index contributed by atoms with van der Waals surface area (Å²) in [6, 6.07) is 14.4. The van der Waals surface area contributed by atoms with Gasteiger partial charge in [0.1, 0.15) is 5.82 Å². The maximum Gasteiger partial charge on any atom is 0.255 e. The first kappa shape index (κ1) is 22.3. The Morgan fingerprint density at radius 3 is 2.33 bits per heavy atom. The molecule has 0 atom stereocenters. The van der Waals surface area contributed by atoms with Gasteiger partial charge in [-0.2, -0.15) is 4.98 Å². The van der Waals surface area contributed by atoms with E-state index < -0.39 is 0 Å². The van der Waals surface area contributed by atoms with Crippen LogP contribution in [0.5, 0.6) is 11.5 Å². The predicted octanol–water partition coefficient (Wildman–Crippen LogP) is 3.63. The SMILES string of the molecule is COc1ccc(C(=O)Nc2ccc(Nc3cc(C)nc(N4CCOCC4)n3)cc2)cc1OC. The molecule has 0 unspecified atom stereocenters. The van der Waals surface area contributed by atoms with Crippen molar-refractivity contribution in [1.82, 2.24) is 9.97 Å². The Kier molecular flexibility index (Phi) is 6.89. The van der Waals surface area contributed by atoms with Crippen molar-refractivity contribution in [2.75, 3.05) is 56.1 Å². The Hall–Kier alpha value is -3.85. The lowest BCUT2D eigenvalue weighted by molar-refractivity contribution is 0.102. The van der Waals surface area contributed by atoms with E-state index in [0.29, 0.717) is 47.7 Å². The zero-order valence-corrected chi connectivity index (χ0v) is 18.9. The van der Waals surface area contributed by atoms with E-state index in [2.05, 4.69) is 25.5 Å². The van der Waals surface area contributed by atoms with Crippen LogP contribution in [0.15, 0.2) is 48.5 Å². The number of morpholine rings is 1. The second kappa shape index (κ2) is 10.2. The summed E-state index contributed by atoms with van der Waals surface area (Å²) in [6.07, 6.45) is 0. The van der Waals surface area contributed by atoms with E-state index in [4.69, 9.17) is 14.2 Å². The van der Waals surface area contributed by atoms with Crippen molar-refractivity contribution < 1.29 is 19.0 Å². The molecule has 1 fully saturated rings. The predicted molar refractivity (Wildman–Crippen MR) is 127 cm³/mol. The van der Waals surface area contributed by atoms with Gasteiger partial charge in [0.2, 0.25) is 5.95 Å². The highest BCUT2D eigenvalue weighted by Crippen LogP contribution is 2.28. The number of aryl methyl sites for hydroxylation is 1. The second-order valence-electron chi connectivity index (χ2n) is 7.52. The van der Waals surface area contributed by atoms with Crippen molar-refractivity contribution in [2.45, 2.75) is 6.92 Å². The molecule has 1 amide bonds. The van der Waals surface area contributed by atoms with E-state index in [-0.39, 0.29) is 5.91 Å². The Bertz CT molecular complexity index is 1110. The Balaban J connectivity index is 1.42. The summed E-state index contributed by atoms with van der Waals surface area (Å²) >= 11 is 0. The molecule has 4 rings (SSSR count). The van der Waals surface area contributed by atoms with E-state index >= 15 is 0 Å². The molecule has 33 heavy (non-hydrogen) atoms. The number of methoxy groups -OCH3 is 2. The van der Waals surface area contributed by atoms with Crippen molar-refractivity contribution in [1.29, 1.82) is 0 Å². The van der Waals surface area contributed by atoms with Crippen LogP contribution in [-0.2, 0) is 4.74 Å². The summed E-state index contributed by atoms with van der Waals surface area (Å²) in [5, 5.41) is 6.20. The lowest BCUT2D eigenvalue weighted by Gasteiger charge is -2.27. The number of hydrogen-bond donors (Lipinski definition) is 2. The molecule has 1 saturated heterocycles. The molecule has 9 heteroatoms. The normalized spacial score (nSPS) is 13.4. The van der Waals surface area contributed by atoms with Crippen LogP contribution in [-0.4, -0.2) is 56.4 Å². The molecule has 0 radical (unpaired) electrons. The van der Waals surface area contributed by atoms with Crippen LogP contribution in [0.3, 0.4) is 0 Å². The summed E-state index contributed by atoms with van der Waals surface area (Å²) in [7, 11) is 3.09. The van der Waals surface area contributed by atoms with Crippen LogP contribution in [0.2, 0.25) is 0 Å². The van der Waals surface area contributed by atoms with Gasteiger partial charge >= 0.3 is 0 Å². The number of anilines is 4. The first-order valence-corrected chi connectivity index (χ1v) is 10.6. The number of benzene rings is 2. The Labute approximate surface area is 192 Å². The third-order valence-corrected chi connectivity index (χ3v) is 5.20. The quantitative estimate of drug-likeness (QED) is 0.564. The molecule has 2 N–H and O–H groups in total. The van der Waals surface area contributed by atoms with E-state index in [9.17, 15) is 4.79 Å². The van der Waals surface area contributed by atoms with Gasteiger partial charge in [-0.1, -0.05) is 0 Å². The van der Waals surface area contributed by atoms with Crippen molar-refractivity contribution in [2.24, 2.45) is 0 Å². The van der Waals surface area contributed by atoms with Crippen LogP contribution in [0, 0.1) is 6.92 Å². The number of amides is 1. The second-order valence-corrected chi connectivity index (χ2v) is 7.52. The standard InChI is InChI=1S/C24H27N5O4/c1-16-14-22(28-24(25-16)29-10-12-33-13-11-29)26-18-5-7-19(8-6-18)27-23(30)17-4-9-20(31-2)21(15-17)32-3/h4-9,14-15H,10-13H2,1-3H3,(H,27,30)(H,25,26,28). The van der Waals surface area contributed by atoms with Gasteiger partial charge in [0.25, 0.3) is 5.91 Å². The minimum absolute atomic E-state index is 0.238. The summed E-state index contributed by atoms with van der Waals surface area (Å²) < 4.78 is 15.9. The fourth-order valence-electron chi connectivity index (χ4n) is 3.49. The molecule has 1 aliphatic rings. The Morgan fingerprint density at radius 1 is 0.939 bits per heavy atom. The van der Waals surface area contributed by atoms with Gasteiger partial charge in [-0.05, 0) is 49.4 Å². The third kappa shape index (κ3) is 5.50. The van der Waals surface area contributed by atoms with Crippen molar-refractivity contribution in [3.05, 3.63) is 59.8 Å². The number of carbonyl (C=O) groups excluding carboxylic acids is 1. The van der Waals surface area contributed by atoms with Gasteiger partial charge in [-0.15, -0.1) is 0 Å². The molecule has 0 saturated carbocycles. The minimum atomic E-state index is -0.238. The molecule has 172 valence electrons. The number of carbonyl (C=O) groups is 1. The zero-order valence-electron chi connectivity index (χ0n) is 18.9. The molecular weight excluding hydrogens is 422 g/mol. The fourth-order valence-corrected chi connectivity index (χ4v) is 3.49. The number of ether oxygens (including phenoxy) is 3. The molecular formula is C24H27N5O4. The molecule has 3 aromatic rings. The topological polar surface area (TPSA) is 97.8 Å². The third-order valence-electron chi connectivity index (χ3n) is 5.20.